The van der Waals surface area contributed by atoms with E-state index in [4.69, 9.17) is 4.98 Å². The number of aryl methyl sites for hydroxylation is 3. The van der Waals surface area contributed by atoms with Crippen LogP contribution in [0.2, 0.25) is 0 Å². The Labute approximate surface area is 140 Å². The van der Waals surface area contributed by atoms with Gasteiger partial charge >= 0.3 is 0 Å². The maximum absolute atomic E-state index is 11.2. The predicted molar refractivity (Wildman–Crippen MR) is 97.4 cm³/mol. The quantitative estimate of drug-likeness (QED) is 0.527. The molecular formula is C20H19N3O. The van der Waals surface area contributed by atoms with Crippen molar-refractivity contribution in [2.75, 3.05) is 0 Å². The van der Waals surface area contributed by atoms with Crippen molar-refractivity contribution in [1.29, 1.82) is 0 Å². The van der Waals surface area contributed by atoms with E-state index >= 15 is 0 Å². The van der Waals surface area contributed by atoms with E-state index in [1.165, 1.54) is 10.9 Å². The van der Waals surface area contributed by atoms with E-state index in [2.05, 4.69) is 46.4 Å². The Morgan fingerprint density at radius 3 is 2.67 bits per heavy atom. The van der Waals surface area contributed by atoms with Crippen molar-refractivity contribution in [3.8, 4) is 11.5 Å². The molecule has 0 spiro atoms. The zero-order valence-corrected chi connectivity index (χ0v) is 14.1. The second-order valence-electron chi connectivity index (χ2n) is 6.14. The van der Waals surface area contributed by atoms with Gasteiger partial charge in [0.05, 0.1) is 16.7 Å². The highest BCUT2D eigenvalue weighted by atomic mass is 16.1. The molecule has 4 heteroatoms. The number of fused-ring (bicyclic) bond motifs is 2. The highest BCUT2D eigenvalue weighted by molar-refractivity contribution is 5.91. The maximum Gasteiger partial charge on any atom is 0.157 e. The summed E-state index contributed by atoms with van der Waals surface area (Å²) in [5, 5.41) is 1.21. The summed E-state index contributed by atoms with van der Waals surface area (Å²) in [5.74, 6) is 0.922. The first kappa shape index (κ1) is 14.7. The summed E-state index contributed by atoms with van der Waals surface area (Å²) in [6.07, 6.45) is 0.895. The first-order valence-electron chi connectivity index (χ1n) is 8.15. The largest absolute Gasteiger partial charge is 0.338 e. The van der Waals surface area contributed by atoms with E-state index in [0.717, 1.165) is 40.9 Å². The van der Waals surface area contributed by atoms with E-state index in [9.17, 15) is 4.79 Å². The number of imidazole rings is 1. The third-order valence-corrected chi connectivity index (χ3v) is 4.75. The van der Waals surface area contributed by atoms with E-state index < -0.39 is 0 Å². The summed E-state index contributed by atoms with van der Waals surface area (Å²) < 4.78 is 4.39. The van der Waals surface area contributed by atoms with Gasteiger partial charge in [0.2, 0.25) is 0 Å². The van der Waals surface area contributed by atoms with Crippen LogP contribution in [-0.2, 0) is 13.6 Å². The first-order chi connectivity index (χ1) is 11.6. The van der Waals surface area contributed by atoms with E-state index in [-0.39, 0.29) is 0 Å². The second-order valence-corrected chi connectivity index (χ2v) is 6.14. The smallest absolute Gasteiger partial charge is 0.157 e. The number of carbonyl (C=O) groups excluding carboxylic acids is 1. The van der Waals surface area contributed by atoms with Crippen LogP contribution in [-0.4, -0.2) is 20.4 Å². The highest BCUT2D eigenvalue weighted by Gasteiger charge is 2.16. The van der Waals surface area contributed by atoms with Crippen LogP contribution in [0.15, 0.2) is 42.5 Å². The summed E-state index contributed by atoms with van der Waals surface area (Å²) in [6, 6.07) is 14.5. The molecule has 0 saturated carbocycles. The van der Waals surface area contributed by atoms with Crippen molar-refractivity contribution >= 4 is 28.2 Å². The molecular weight excluding hydrogens is 298 g/mol. The normalized spacial score (nSPS) is 11.5. The number of hydrogen-bond donors (Lipinski definition) is 0. The van der Waals surface area contributed by atoms with Crippen LogP contribution < -0.4 is 0 Å². The lowest BCUT2D eigenvalue weighted by Gasteiger charge is -2.08. The molecule has 0 aliphatic carbocycles. The molecule has 0 atom stereocenters. The van der Waals surface area contributed by atoms with Gasteiger partial charge in [0, 0.05) is 30.1 Å². The number of aromatic nitrogens is 3. The zero-order chi connectivity index (χ0) is 16.8. The number of benzene rings is 2. The number of hydrogen-bond acceptors (Lipinski definition) is 2. The topological polar surface area (TPSA) is 39.8 Å². The van der Waals surface area contributed by atoms with Crippen molar-refractivity contribution in [3.63, 3.8) is 0 Å². The summed E-state index contributed by atoms with van der Waals surface area (Å²) in [5.41, 5.74) is 5.88. The SMILES string of the molecule is CCn1c(-c2nc3cc(C=O)c(C)cc3n2C)cc2ccccc21. The van der Waals surface area contributed by atoms with Gasteiger partial charge in [0.25, 0.3) is 0 Å². The fourth-order valence-corrected chi connectivity index (χ4v) is 3.45. The standard InChI is InChI=1S/C20H19N3O/c1-4-23-17-8-6-5-7-14(17)11-19(23)20-21-16-10-15(12-24)13(2)9-18(16)22(20)3/h5-12H,4H2,1-3H3. The summed E-state index contributed by atoms with van der Waals surface area (Å²) in [6.45, 7) is 4.98. The Morgan fingerprint density at radius 2 is 1.92 bits per heavy atom. The van der Waals surface area contributed by atoms with E-state index in [1.807, 2.05) is 26.1 Å². The van der Waals surface area contributed by atoms with Crippen LogP contribution in [0.3, 0.4) is 0 Å². The Kier molecular flexibility index (Phi) is 3.27. The van der Waals surface area contributed by atoms with Crippen LogP contribution >= 0.6 is 0 Å². The molecule has 2 aromatic carbocycles. The van der Waals surface area contributed by atoms with Crippen molar-refractivity contribution in [1.82, 2.24) is 14.1 Å². The maximum atomic E-state index is 11.2. The molecule has 0 N–H and O–H groups in total. The van der Waals surface area contributed by atoms with Gasteiger partial charge in [0.15, 0.2) is 5.82 Å². The third kappa shape index (κ3) is 1.99. The molecule has 0 aliphatic rings. The van der Waals surface area contributed by atoms with Gasteiger partial charge in [0.1, 0.15) is 6.29 Å². The number of rotatable bonds is 3. The predicted octanol–water partition coefficient (Wildman–Crippen LogP) is 4.34. The Hall–Kier alpha value is -2.88. The fourth-order valence-electron chi connectivity index (χ4n) is 3.45. The van der Waals surface area contributed by atoms with Gasteiger partial charge in [-0.2, -0.15) is 0 Å². The minimum atomic E-state index is 0.697. The fraction of sp³-hybridized carbons (Fsp3) is 0.200. The summed E-state index contributed by atoms with van der Waals surface area (Å²) >= 11 is 0. The average Bonchev–Trinajstić information content (AvgIpc) is 3.12. The molecule has 0 saturated heterocycles. The molecule has 0 bridgehead atoms. The van der Waals surface area contributed by atoms with Gasteiger partial charge in [-0.25, -0.2) is 4.98 Å². The van der Waals surface area contributed by atoms with Crippen LogP contribution in [0, 0.1) is 6.92 Å². The van der Waals surface area contributed by atoms with Crippen LogP contribution in [0.25, 0.3) is 33.5 Å². The Balaban J connectivity index is 2.03. The molecule has 120 valence electrons. The molecule has 0 radical (unpaired) electrons. The van der Waals surface area contributed by atoms with Crippen LogP contribution in [0.5, 0.6) is 0 Å². The molecule has 2 heterocycles. The van der Waals surface area contributed by atoms with Gasteiger partial charge < -0.3 is 9.13 Å². The molecule has 0 amide bonds. The molecule has 4 aromatic rings. The first-order valence-corrected chi connectivity index (χ1v) is 8.15. The average molecular weight is 317 g/mol. The van der Waals surface area contributed by atoms with Gasteiger partial charge in [-0.05, 0) is 43.7 Å². The van der Waals surface area contributed by atoms with E-state index in [0.29, 0.717) is 5.56 Å². The molecule has 0 aliphatic heterocycles. The molecule has 4 nitrogen and oxygen atoms in total. The molecule has 2 aromatic heterocycles. The Morgan fingerprint density at radius 1 is 1.12 bits per heavy atom. The van der Waals surface area contributed by atoms with Crippen molar-refractivity contribution < 1.29 is 4.79 Å². The third-order valence-electron chi connectivity index (χ3n) is 4.75. The number of carbonyl (C=O) groups is 1. The minimum Gasteiger partial charge on any atom is -0.338 e. The summed E-state index contributed by atoms with van der Waals surface area (Å²) in [7, 11) is 2.03. The number of para-hydroxylation sites is 1. The minimum absolute atomic E-state index is 0.697. The van der Waals surface area contributed by atoms with E-state index in [1.54, 1.807) is 0 Å². The lowest BCUT2D eigenvalue weighted by molar-refractivity contribution is 0.112. The molecule has 0 fully saturated rings. The van der Waals surface area contributed by atoms with Crippen LogP contribution in [0.1, 0.15) is 22.8 Å². The second kappa shape index (κ2) is 5.34. The van der Waals surface area contributed by atoms with Gasteiger partial charge in [-0.1, -0.05) is 18.2 Å². The lowest BCUT2D eigenvalue weighted by atomic mass is 10.1. The number of nitrogens with zero attached hydrogens (tertiary/aromatic N) is 3. The highest BCUT2D eigenvalue weighted by Crippen LogP contribution is 2.30. The number of aldehydes is 1. The molecule has 0 unspecified atom stereocenters. The van der Waals surface area contributed by atoms with Gasteiger partial charge in [-0.3, -0.25) is 4.79 Å². The lowest BCUT2D eigenvalue weighted by Crippen LogP contribution is -2.01. The van der Waals surface area contributed by atoms with Crippen molar-refractivity contribution in [3.05, 3.63) is 53.6 Å². The van der Waals surface area contributed by atoms with Crippen molar-refractivity contribution in [2.45, 2.75) is 20.4 Å². The van der Waals surface area contributed by atoms with Gasteiger partial charge in [-0.15, -0.1) is 0 Å². The monoisotopic (exact) mass is 317 g/mol. The summed E-state index contributed by atoms with van der Waals surface area (Å²) in [4.78, 5) is 16.0. The Bertz CT molecular complexity index is 1090. The van der Waals surface area contributed by atoms with Crippen molar-refractivity contribution in [2.24, 2.45) is 7.05 Å². The molecule has 4 rings (SSSR count). The molecule has 24 heavy (non-hydrogen) atoms. The zero-order valence-electron chi connectivity index (χ0n) is 14.1. The van der Waals surface area contributed by atoms with Crippen LogP contribution in [0.4, 0.5) is 0 Å².